The summed E-state index contributed by atoms with van der Waals surface area (Å²) in [5, 5.41) is 0. The predicted octanol–water partition coefficient (Wildman–Crippen LogP) is 2.62. The summed E-state index contributed by atoms with van der Waals surface area (Å²) in [7, 11) is 1.50. The third-order valence-electron chi connectivity index (χ3n) is 2.94. The molecular formula is C12H14F3NO. The van der Waals surface area contributed by atoms with Crippen molar-refractivity contribution < 1.29 is 17.9 Å². The summed E-state index contributed by atoms with van der Waals surface area (Å²) in [4.78, 5) is 1.42. The van der Waals surface area contributed by atoms with Crippen LogP contribution in [0.3, 0.4) is 0 Å². The first-order valence-corrected chi connectivity index (χ1v) is 5.40. The average Bonchev–Trinajstić information content (AvgIpc) is 3.06. The molecule has 1 heterocycles. The first kappa shape index (κ1) is 12.4. The standard InChI is InChI=1S/C12H14F3NO/c1-17-8-10(9-5-3-2-4-6-9)16-7-11(16)12(13,14)15/h2-6,10-11H,7-8H2,1H3/t10-,11+,16?/m0/s1. The number of ether oxygens (including phenoxy) is 1. The number of benzene rings is 1. The SMILES string of the molecule is COC[C@@H](c1ccccc1)N1C[C@@H]1C(F)(F)F. The zero-order valence-electron chi connectivity index (χ0n) is 9.45. The maximum absolute atomic E-state index is 12.5. The van der Waals surface area contributed by atoms with Crippen LogP contribution in [0.15, 0.2) is 30.3 Å². The van der Waals surface area contributed by atoms with E-state index in [-0.39, 0.29) is 19.2 Å². The summed E-state index contributed by atoms with van der Waals surface area (Å²) < 4.78 is 42.6. The van der Waals surface area contributed by atoms with Gasteiger partial charge in [0.05, 0.1) is 12.6 Å². The number of alkyl halides is 3. The second-order valence-electron chi connectivity index (χ2n) is 4.14. The van der Waals surface area contributed by atoms with Crippen LogP contribution < -0.4 is 0 Å². The fraction of sp³-hybridized carbons (Fsp3) is 0.500. The number of hydrogen-bond donors (Lipinski definition) is 0. The fourth-order valence-electron chi connectivity index (χ4n) is 2.01. The van der Waals surface area contributed by atoms with Crippen LogP contribution >= 0.6 is 0 Å². The molecule has 3 atom stereocenters. The topological polar surface area (TPSA) is 12.2 Å². The van der Waals surface area contributed by atoms with Gasteiger partial charge in [-0.1, -0.05) is 30.3 Å². The molecule has 0 aliphatic carbocycles. The highest BCUT2D eigenvalue weighted by atomic mass is 19.4. The molecule has 0 bridgehead atoms. The van der Waals surface area contributed by atoms with Crippen molar-refractivity contribution in [1.29, 1.82) is 0 Å². The van der Waals surface area contributed by atoms with Gasteiger partial charge in [-0.2, -0.15) is 13.2 Å². The summed E-state index contributed by atoms with van der Waals surface area (Å²) in [5.74, 6) is 0. The van der Waals surface area contributed by atoms with E-state index < -0.39 is 12.2 Å². The third-order valence-corrected chi connectivity index (χ3v) is 2.94. The molecule has 0 aromatic heterocycles. The van der Waals surface area contributed by atoms with Gasteiger partial charge in [-0.3, -0.25) is 4.90 Å². The Kier molecular flexibility index (Phi) is 3.40. The van der Waals surface area contributed by atoms with Gasteiger partial charge in [-0.05, 0) is 5.56 Å². The molecule has 0 radical (unpaired) electrons. The largest absolute Gasteiger partial charge is 0.405 e. The highest BCUT2D eigenvalue weighted by molar-refractivity contribution is 5.21. The van der Waals surface area contributed by atoms with E-state index in [0.29, 0.717) is 0 Å². The van der Waals surface area contributed by atoms with Crippen molar-refractivity contribution in [3.05, 3.63) is 35.9 Å². The van der Waals surface area contributed by atoms with Crippen LogP contribution in [0.1, 0.15) is 11.6 Å². The Morgan fingerprint density at radius 1 is 1.35 bits per heavy atom. The second-order valence-corrected chi connectivity index (χ2v) is 4.14. The molecule has 1 aromatic carbocycles. The van der Waals surface area contributed by atoms with Gasteiger partial charge in [0, 0.05) is 13.7 Å². The lowest BCUT2D eigenvalue weighted by molar-refractivity contribution is -0.139. The van der Waals surface area contributed by atoms with E-state index in [1.807, 2.05) is 30.3 Å². The minimum Gasteiger partial charge on any atom is -0.383 e. The zero-order valence-corrected chi connectivity index (χ0v) is 9.45. The van der Waals surface area contributed by atoms with Crippen LogP contribution in [0.4, 0.5) is 13.2 Å². The Morgan fingerprint density at radius 3 is 2.47 bits per heavy atom. The van der Waals surface area contributed by atoms with Gasteiger partial charge in [-0.25, -0.2) is 0 Å². The summed E-state index contributed by atoms with van der Waals surface area (Å²) in [6.07, 6.45) is -4.14. The van der Waals surface area contributed by atoms with Crippen molar-refractivity contribution in [2.24, 2.45) is 0 Å². The lowest BCUT2D eigenvalue weighted by Crippen LogP contribution is -2.25. The van der Waals surface area contributed by atoms with Crippen LogP contribution in [0.2, 0.25) is 0 Å². The zero-order chi connectivity index (χ0) is 12.5. The average molecular weight is 245 g/mol. The molecule has 0 saturated carbocycles. The minimum atomic E-state index is -4.14. The molecule has 1 unspecified atom stereocenters. The molecule has 1 aromatic rings. The first-order chi connectivity index (χ1) is 8.04. The maximum atomic E-state index is 12.5. The summed E-state index contributed by atoms with van der Waals surface area (Å²) >= 11 is 0. The molecule has 2 rings (SSSR count). The minimum absolute atomic E-state index is 0.0619. The van der Waals surface area contributed by atoms with Crippen molar-refractivity contribution in [3.63, 3.8) is 0 Å². The van der Waals surface area contributed by atoms with E-state index in [0.717, 1.165) is 5.56 Å². The van der Waals surface area contributed by atoms with E-state index >= 15 is 0 Å². The monoisotopic (exact) mass is 245 g/mol. The van der Waals surface area contributed by atoms with Gasteiger partial charge in [0.2, 0.25) is 0 Å². The molecule has 0 N–H and O–H groups in total. The first-order valence-electron chi connectivity index (χ1n) is 5.40. The van der Waals surface area contributed by atoms with Crippen molar-refractivity contribution in [2.45, 2.75) is 18.3 Å². The quantitative estimate of drug-likeness (QED) is 0.756. The number of nitrogens with zero attached hydrogens (tertiary/aromatic N) is 1. The predicted molar refractivity (Wildman–Crippen MR) is 57.6 cm³/mol. The van der Waals surface area contributed by atoms with Gasteiger partial charge < -0.3 is 4.74 Å². The highest BCUT2D eigenvalue weighted by Gasteiger charge is 2.56. The van der Waals surface area contributed by atoms with Crippen molar-refractivity contribution in [2.75, 3.05) is 20.3 Å². The van der Waals surface area contributed by atoms with E-state index in [1.54, 1.807) is 0 Å². The highest BCUT2D eigenvalue weighted by Crippen LogP contribution is 2.41. The molecule has 5 heteroatoms. The Morgan fingerprint density at radius 2 is 2.00 bits per heavy atom. The van der Waals surface area contributed by atoms with Crippen molar-refractivity contribution in [3.8, 4) is 0 Å². The van der Waals surface area contributed by atoms with E-state index in [1.165, 1.54) is 12.0 Å². The van der Waals surface area contributed by atoms with E-state index in [9.17, 15) is 13.2 Å². The lowest BCUT2D eigenvalue weighted by atomic mass is 10.1. The number of halogens is 3. The normalized spacial score (nSPS) is 25.6. The Balaban J connectivity index is 2.10. The van der Waals surface area contributed by atoms with Crippen LogP contribution in [0, 0.1) is 0 Å². The summed E-state index contributed by atoms with van der Waals surface area (Å²) in [6.45, 7) is 0.336. The molecule has 1 aliphatic rings. The van der Waals surface area contributed by atoms with Gasteiger partial charge in [0.15, 0.2) is 0 Å². The van der Waals surface area contributed by atoms with Crippen LogP contribution in [-0.2, 0) is 4.74 Å². The van der Waals surface area contributed by atoms with E-state index in [2.05, 4.69) is 0 Å². The molecule has 1 aliphatic heterocycles. The van der Waals surface area contributed by atoms with Crippen LogP contribution in [-0.4, -0.2) is 37.4 Å². The third kappa shape index (κ3) is 2.79. The molecule has 0 spiro atoms. The number of rotatable bonds is 4. The molecule has 1 saturated heterocycles. The summed E-state index contributed by atoms with van der Waals surface area (Å²) in [6, 6.07) is 7.52. The Hall–Kier alpha value is -1.07. The number of methoxy groups -OCH3 is 1. The van der Waals surface area contributed by atoms with Crippen molar-refractivity contribution in [1.82, 2.24) is 4.90 Å². The fourth-order valence-corrected chi connectivity index (χ4v) is 2.01. The van der Waals surface area contributed by atoms with E-state index in [4.69, 9.17) is 4.74 Å². The molecule has 1 fully saturated rings. The number of hydrogen-bond acceptors (Lipinski definition) is 2. The molecule has 2 nitrogen and oxygen atoms in total. The molecule has 17 heavy (non-hydrogen) atoms. The summed E-state index contributed by atoms with van der Waals surface area (Å²) in [5.41, 5.74) is 0.862. The molecular weight excluding hydrogens is 231 g/mol. The molecule has 0 amide bonds. The van der Waals surface area contributed by atoms with Gasteiger partial charge in [0.1, 0.15) is 6.04 Å². The molecule has 94 valence electrons. The van der Waals surface area contributed by atoms with Crippen LogP contribution in [0.5, 0.6) is 0 Å². The van der Waals surface area contributed by atoms with Gasteiger partial charge >= 0.3 is 6.18 Å². The smallest absolute Gasteiger partial charge is 0.383 e. The van der Waals surface area contributed by atoms with Gasteiger partial charge in [0.25, 0.3) is 0 Å². The van der Waals surface area contributed by atoms with Gasteiger partial charge in [-0.15, -0.1) is 0 Å². The Labute approximate surface area is 98.0 Å². The Bertz CT molecular complexity index is 366. The lowest BCUT2D eigenvalue weighted by Gasteiger charge is -2.19. The second kappa shape index (κ2) is 4.66. The van der Waals surface area contributed by atoms with Crippen LogP contribution in [0.25, 0.3) is 0 Å². The van der Waals surface area contributed by atoms with Crippen molar-refractivity contribution >= 4 is 0 Å². The maximum Gasteiger partial charge on any atom is 0.405 e.